The van der Waals surface area contributed by atoms with Gasteiger partial charge in [0.15, 0.2) is 0 Å². The zero-order chi connectivity index (χ0) is 23.3. The zero-order valence-electron chi connectivity index (χ0n) is 17.8. The van der Waals surface area contributed by atoms with Crippen molar-refractivity contribution < 1.29 is 12.8 Å². The SMILES string of the molecule is O=S(=O)(c1ccc2sc3c(SCc4cccc(F)c4)ncnc3c2c1)N1CCc2ccccc21. The van der Waals surface area contributed by atoms with Crippen LogP contribution in [0.15, 0.2) is 83.0 Å². The Morgan fingerprint density at radius 1 is 1.03 bits per heavy atom. The maximum atomic E-state index is 13.5. The van der Waals surface area contributed by atoms with Gasteiger partial charge in [0.05, 0.1) is 20.8 Å². The molecule has 0 atom stereocenters. The molecular weight excluding hydrogens is 489 g/mol. The van der Waals surface area contributed by atoms with Crippen LogP contribution in [0.4, 0.5) is 10.1 Å². The van der Waals surface area contributed by atoms with E-state index in [4.69, 9.17) is 0 Å². The second kappa shape index (κ2) is 8.33. The van der Waals surface area contributed by atoms with Crippen LogP contribution in [0.2, 0.25) is 0 Å². The summed E-state index contributed by atoms with van der Waals surface area (Å²) in [7, 11) is -3.70. The van der Waals surface area contributed by atoms with Crippen molar-refractivity contribution in [3.63, 3.8) is 0 Å². The molecule has 0 N–H and O–H groups in total. The second-order valence-electron chi connectivity index (χ2n) is 7.99. The molecule has 0 saturated carbocycles. The molecule has 1 aliphatic rings. The lowest BCUT2D eigenvalue weighted by molar-refractivity contribution is 0.592. The average molecular weight is 508 g/mol. The summed E-state index contributed by atoms with van der Waals surface area (Å²) in [4.78, 5) is 9.17. The number of rotatable bonds is 5. The second-order valence-corrected chi connectivity index (χ2v) is 11.9. The summed E-state index contributed by atoms with van der Waals surface area (Å²) in [6.07, 6.45) is 2.21. The summed E-state index contributed by atoms with van der Waals surface area (Å²) >= 11 is 3.05. The topological polar surface area (TPSA) is 63.2 Å². The van der Waals surface area contributed by atoms with E-state index in [0.29, 0.717) is 18.7 Å². The van der Waals surface area contributed by atoms with E-state index in [1.54, 1.807) is 18.2 Å². The van der Waals surface area contributed by atoms with Gasteiger partial charge in [-0.2, -0.15) is 0 Å². The molecule has 5 aromatic rings. The van der Waals surface area contributed by atoms with Crippen LogP contribution in [0.5, 0.6) is 0 Å². The summed E-state index contributed by atoms with van der Waals surface area (Å²) in [5.74, 6) is 0.314. The Kier molecular flexibility index (Phi) is 5.28. The first kappa shape index (κ1) is 21.5. The van der Waals surface area contributed by atoms with Crippen molar-refractivity contribution >= 4 is 59.1 Å². The van der Waals surface area contributed by atoms with Crippen LogP contribution < -0.4 is 4.31 Å². The average Bonchev–Trinajstić information content (AvgIpc) is 3.45. The number of hydrogen-bond donors (Lipinski definition) is 0. The van der Waals surface area contributed by atoms with E-state index in [1.165, 1.54) is 45.9 Å². The van der Waals surface area contributed by atoms with Gasteiger partial charge in [-0.1, -0.05) is 30.3 Å². The third-order valence-electron chi connectivity index (χ3n) is 5.89. The molecule has 0 bridgehead atoms. The van der Waals surface area contributed by atoms with Gasteiger partial charge < -0.3 is 0 Å². The minimum Gasteiger partial charge on any atom is -0.266 e. The zero-order valence-corrected chi connectivity index (χ0v) is 20.3. The van der Waals surface area contributed by atoms with Crippen molar-refractivity contribution in [1.82, 2.24) is 9.97 Å². The molecule has 3 aromatic carbocycles. The molecule has 0 aliphatic carbocycles. The summed E-state index contributed by atoms with van der Waals surface area (Å²) in [5, 5.41) is 1.59. The Morgan fingerprint density at radius 2 is 1.91 bits per heavy atom. The van der Waals surface area contributed by atoms with E-state index in [1.807, 2.05) is 36.4 Å². The van der Waals surface area contributed by atoms with Gasteiger partial charge in [0.25, 0.3) is 10.0 Å². The predicted molar refractivity (Wildman–Crippen MR) is 136 cm³/mol. The Labute approximate surface area is 204 Å². The van der Waals surface area contributed by atoms with E-state index < -0.39 is 10.0 Å². The lowest BCUT2D eigenvalue weighted by Crippen LogP contribution is -2.29. The molecule has 5 nitrogen and oxygen atoms in total. The lowest BCUT2D eigenvalue weighted by atomic mass is 10.2. The third kappa shape index (κ3) is 3.64. The molecular formula is C25H18FN3O2S3. The number of thiophene rings is 1. The van der Waals surface area contributed by atoms with E-state index >= 15 is 0 Å². The van der Waals surface area contributed by atoms with Gasteiger partial charge >= 0.3 is 0 Å². The predicted octanol–water partition coefficient (Wildman–Crippen LogP) is 6.03. The Bertz CT molecular complexity index is 1670. The van der Waals surface area contributed by atoms with Crippen LogP contribution in [0.25, 0.3) is 20.3 Å². The molecule has 6 rings (SSSR count). The molecule has 0 amide bonds. The number of sulfonamides is 1. The maximum Gasteiger partial charge on any atom is 0.264 e. The highest BCUT2D eigenvalue weighted by Gasteiger charge is 2.31. The summed E-state index contributed by atoms with van der Waals surface area (Å²) in [6, 6.07) is 19.4. The highest BCUT2D eigenvalue weighted by molar-refractivity contribution is 7.98. The number of benzene rings is 3. The fourth-order valence-corrected chi connectivity index (χ4v) is 7.95. The highest BCUT2D eigenvalue weighted by atomic mass is 32.2. The lowest BCUT2D eigenvalue weighted by Gasteiger charge is -2.19. The van der Waals surface area contributed by atoms with Crippen molar-refractivity contribution in [2.75, 3.05) is 10.8 Å². The van der Waals surface area contributed by atoms with E-state index in [0.717, 1.165) is 42.1 Å². The first-order chi connectivity index (χ1) is 16.5. The van der Waals surface area contributed by atoms with Crippen molar-refractivity contribution in [2.45, 2.75) is 22.1 Å². The molecule has 1 aliphatic heterocycles. The molecule has 34 heavy (non-hydrogen) atoms. The van der Waals surface area contributed by atoms with Crippen LogP contribution in [-0.2, 0) is 22.2 Å². The quantitative estimate of drug-likeness (QED) is 0.215. The van der Waals surface area contributed by atoms with Crippen LogP contribution in [-0.4, -0.2) is 24.9 Å². The van der Waals surface area contributed by atoms with Gasteiger partial charge in [-0.15, -0.1) is 23.1 Å². The minimum absolute atomic E-state index is 0.254. The van der Waals surface area contributed by atoms with Gasteiger partial charge in [-0.25, -0.2) is 22.8 Å². The maximum absolute atomic E-state index is 13.5. The fourth-order valence-electron chi connectivity index (χ4n) is 4.26. The summed E-state index contributed by atoms with van der Waals surface area (Å²) in [5.41, 5.74) is 3.39. The Morgan fingerprint density at radius 3 is 2.79 bits per heavy atom. The van der Waals surface area contributed by atoms with Crippen LogP contribution in [0.1, 0.15) is 11.1 Å². The smallest absolute Gasteiger partial charge is 0.264 e. The number of anilines is 1. The van der Waals surface area contributed by atoms with Crippen LogP contribution in [0, 0.1) is 5.82 Å². The van der Waals surface area contributed by atoms with E-state index in [2.05, 4.69) is 9.97 Å². The molecule has 0 fully saturated rings. The van der Waals surface area contributed by atoms with Crippen molar-refractivity contribution in [2.24, 2.45) is 0 Å². The fraction of sp³-hybridized carbons (Fsp3) is 0.120. The number of aromatic nitrogens is 2. The first-order valence-electron chi connectivity index (χ1n) is 10.7. The molecule has 2 aromatic heterocycles. The standard InChI is InChI=1S/C25H18FN3O2S3/c26-18-6-3-4-16(12-18)14-32-25-24-23(27-15-28-25)20-13-19(8-9-22(20)33-24)34(30,31)29-11-10-17-5-1-2-7-21(17)29/h1-9,12-13,15H,10-11,14H2. The monoisotopic (exact) mass is 507 g/mol. The molecule has 170 valence electrons. The third-order valence-corrected chi connectivity index (χ3v) is 10.1. The largest absolute Gasteiger partial charge is 0.266 e. The highest BCUT2D eigenvalue weighted by Crippen LogP contribution is 2.40. The van der Waals surface area contributed by atoms with Crippen molar-refractivity contribution in [3.8, 4) is 0 Å². The van der Waals surface area contributed by atoms with Gasteiger partial charge in [0.1, 0.15) is 17.2 Å². The van der Waals surface area contributed by atoms with E-state index in [9.17, 15) is 12.8 Å². The summed E-state index contributed by atoms with van der Waals surface area (Å²) in [6.45, 7) is 0.438. The van der Waals surface area contributed by atoms with Crippen molar-refractivity contribution in [1.29, 1.82) is 0 Å². The molecule has 0 spiro atoms. The number of para-hydroxylation sites is 1. The number of hydrogen-bond acceptors (Lipinski definition) is 6. The molecule has 0 saturated heterocycles. The number of thioether (sulfide) groups is 1. The van der Waals surface area contributed by atoms with Gasteiger partial charge in [0.2, 0.25) is 0 Å². The van der Waals surface area contributed by atoms with Gasteiger partial charge in [-0.3, -0.25) is 4.31 Å². The first-order valence-corrected chi connectivity index (χ1v) is 13.9. The number of halogens is 1. The minimum atomic E-state index is -3.70. The van der Waals surface area contributed by atoms with Gasteiger partial charge in [0, 0.05) is 22.4 Å². The summed E-state index contributed by atoms with van der Waals surface area (Å²) < 4.78 is 43.9. The van der Waals surface area contributed by atoms with E-state index in [-0.39, 0.29) is 10.7 Å². The molecule has 0 unspecified atom stereocenters. The van der Waals surface area contributed by atoms with Crippen LogP contribution >= 0.6 is 23.1 Å². The number of nitrogens with zero attached hydrogens (tertiary/aromatic N) is 3. The Hall–Kier alpha value is -3.01. The molecule has 9 heteroatoms. The normalized spacial score (nSPS) is 13.6. The van der Waals surface area contributed by atoms with Crippen LogP contribution in [0.3, 0.4) is 0 Å². The molecule has 0 radical (unpaired) electrons. The van der Waals surface area contributed by atoms with Gasteiger partial charge in [-0.05, 0) is 53.9 Å². The van der Waals surface area contributed by atoms with Crippen molar-refractivity contribution in [3.05, 3.63) is 90.0 Å². The Balaban J connectivity index is 1.38. The number of fused-ring (bicyclic) bond motifs is 4. The molecule has 3 heterocycles.